The van der Waals surface area contributed by atoms with Crippen LogP contribution in [0.1, 0.15) is 5.56 Å². The van der Waals surface area contributed by atoms with Crippen LogP contribution in [0.4, 0.5) is 17.1 Å². The van der Waals surface area contributed by atoms with Gasteiger partial charge in [0.05, 0.1) is 11.4 Å². The molecule has 0 bridgehead atoms. The number of nitrogens with zero attached hydrogens (tertiary/aromatic N) is 1. The molecule has 3 rings (SSSR count). The lowest BCUT2D eigenvalue weighted by Crippen LogP contribution is -1.97. The van der Waals surface area contributed by atoms with Crippen molar-refractivity contribution < 1.29 is 0 Å². The van der Waals surface area contributed by atoms with Crippen molar-refractivity contribution in [3.63, 3.8) is 0 Å². The number of para-hydroxylation sites is 3. The molecule has 1 heterocycles. The minimum Gasteiger partial charge on any atom is -0.353 e. The molecule has 0 amide bonds. The van der Waals surface area contributed by atoms with Gasteiger partial charge in [-0.15, -0.1) is 11.8 Å². The molecule has 2 aromatic rings. The number of benzene rings is 2. The highest BCUT2D eigenvalue weighted by Crippen LogP contribution is 2.35. The molecule has 0 aromatic heterocycles. The fourth-order valence-corrected chi connectivity index (χ4v) is 2.51. The first kappa shape index (κ1) is 10.4. The van der Waals surface area contributed by atoms with Crippen LogP contribution < -0.4 is 5.32 Å². The van der Waals surface area contributed by atoms with Crippen LogP contribution in [-0.2, 0) is 0 Å². The van der Waals surface area contributed by atoms with Gasteiger partial charge in [0.2, 0.25) is 0 Å². The Labute approximate surface area is 105 Å². The number of aliphatic imine (C=N–C) groups is 1. The van der Waals surface area contributed by atoms with Crippen molar-refractivity contribution in [3.05, 3.63) is 54.1 Å². The van der Waals surface area contributed by atoms with Crippen molar-refractivity contribution in [2.24, 2.45) is 4.99 Å². The third-order valence-electron chi connectivity index (χ3n) is 2.75. The molecule has 0 saturated carbocycles. The molecule has 1 aliphatic rings. The average molecular weight is 240 g/mol. The zero-order valence-corrected chi connectivity index (χ0v) is 10.3. The Morgan fingerprint density at radius 3 is 2.47 bits per heavy atom. The second-order valence-electron chi connectivity index (χ2n) is 3.81. The number of thioether (sulfide) groups is 1. The van der Waals surface area contributed by atoms with Crippen molar-refractivity contribution >= 4 is 33.9 Å². The molecular weight excluding hydrogens is 228 g/mol. The predicted molar refractivity (Wildman–Crippen MR) is 75.9 cm³/mol. The smallest absolute Gasteiger partial charge is 0.106 e. The van der Waals surface area contributed by atoms with Crippen molar-refractivity contribution in [3.8, 4) is 0 Å². The van der Waals surface area contributed by atoms with Crippen LogP contribution in [0.25, 0.3) is 0 Å². The summed E-state index contributed by atoms with van der Waals surface area (Å²) in [6.07, 6.45) is 2.06. The van der Waals surface area contributed by atoms with Crippen LogP contribution in [0.3, 0.4) is 0 Å². The summed E-state index contributed by atoms with van der Waals surface area (Å²) in [7, 11) is 0. The number of fused-ring (bicyclic) bond motifs is 2. The first-order valence-electron chi connectivity index (χ1n) is 5.46. The standard InChI is InChI=1S/C14H12N2S/c1-17-14-10-6-2-3-7-11(10)15-12-8-4-5-9-13(12)16-14/h2-9,15H,1H3. The molecule has 0 aliphatic carbocycles. The van der Waals surface area contributed by atoms with Crippen LogP contribution in [0.5, 0.6) is 0 Å². The van der Waals surface area contributed by atoms with Gasteiger partial charge in [-0.25, -0.2) is 4.99 Å². The summed E-state index contributed by atoms with van der Waals surface area (Å²) in [5.74, 6) is 0. The molecule has 0 unspecified atom stereocenters. The van der Waals surface area contributed by atoms with E-state index < -0.39 is 0 Å². The van der Waals surface area contributed by atoms with E-state index in [0.29, 0.717) is 0 Å². The fraction of sp³-hybridized carbons (Fsp3) is 0.0714. The molecule has 1 aliphatic heterocycles. The SMILES string of the molecule is CSC1=Nc2ccccc2Nc2ccccc21. The minimum atomic E-state index is 0.994. The van der Waals surface area contributed by atoms with Crippen molar-refractivity contribution in [2.75, 3.05) is 11.6 Å². The Morgan fingerprint density at radius 1 is 0.941 bits per heavy atom. The van der Waals surface area contributed by atoms with Gasteiger partial charge in [-0.2, -0.15) is 0 Å². The molecule has 2 nitrogen and oxygen atoms in total. The van der Waals surface area contributed by atoms with E-state index in [9.17, 15) is 0 Å². The van der Waals surface area contributed by atoms with Gasteiger partial charge < -0.3 is 5.32 Å². The lowest BCUT2D eigenvalue weighted by atomic mass is 10.2. The summed E-state index contributed by atoms with van der Waals surface area (Å²) >= 11 is 1.68. The monoisotopic (exact) mass is 240 g/mol. The predicted octanol–water partition coefficient (Wildman–Crippen LogP) is 4.18. The summed E-state index contributed by atoms with van der Waals surface area (Å²) in [4.78, 5) is 4.72. The van der Waals surface area contributed by atoms with Crippen LogP contribution in [0, 0.1) is 0 Å². The van der Waals surface area contributed by atoms with Gasteiger partial charge in [0, 0.05) is 11.3 Å². The van der Waals surface area contributed by atoms with Crippen molar-refractivity contribution in [1.29, 1.82) is 0 Å². The molecule has 17 heavy (non-hydrogen) atoms. The number of hydrogen-bond donors (Lipinski definition) is 1. The van der Waals surface area contributed by atoms with Crippen LogP contribution in [0.15, 0.2) is 53.5 Å². The van der Waals surface area contributed by atoms with Gasteiger partial charge in [0.25, 0.3) is 0 Å². The van der Waals surface area contributed by atoms with Crippen LogP contribution >= 0.6 is 11.8 Å². The number of nitrogens with one attached hydrogen (secondary N) is 1. The average Bonchev–Trinajstić information content (AvgIpc) is 2.54. The summed E-state index contributed by atoms with van der Waals surface area (Å²) in [6, 6.07) is 16.4. The number of anilines is 2. The second-order valence-corrected chi connectivity index (χ2v) is 4.60. The van der Waals surface area contributed by atoms with E-state index in [0.717, 1.165) is 27.7 Å². The summed E-state index contributed by atoms with van der Waals surface area (Å²) in [5.41, 5.74) is 4.33. The molecule has 2 aromatic carbocycles. The van der Waals surface area contributed by atoms with Gasteiger partial charge in [-0.3, -0.25) is 0 Å². The Bertz CT molecular complexity index is 590. The lowest BCUT2D eigenvalue weighted by molar-refractivity contribution is 1.51. The Kier molecular flexibility index (Phi) is 2.61. The van der Waals surface area contributed by atoms with Crippen molar-refractivity contribution in [1.82, 2.24) is 0 Å². The van der Waals surface area contributed by atoms with E-state index in [1.807, 2.05) is 30.3 Å². The van der Waals surface area contributed by atoms with E-state index in [1.165, 1.54) is 0 Å². The second kappa shape index (κ2) is 4.26. The largest absolute Gasteiger partial charge is 0.353 e. The maximum Gasteiger partial charge on any atom is 0.106 e. The lowest BCUT2D eigenvalue weighted by Gasteiger charge is -2.08. The zero-order valence-electron chi connectivity index (χ0n) is 9.47. The van der Waals surface area contributed by atoms with Crippen molar-refractivity contribution in [2.45, 2.75) is 0 Å². The molecular formula is C14H12N2S. The maximum absolute atomic E-state index is 4.72. The van der Waals surface area contributed by atoms with Gasteiger partial charge in [0.15, 0.2) is 0 Å². The first-order chi connectivity index (χ1) is 8.38. The molecule has 3 heteroatoms. The Balaban J connectivity index is 2.24. The summed E-state index contributed by atoms with van der Waals surface area (Å²) in [5, 5.41) is 4.49. The normalized spacial score (nSPS) is 12.9. The van der Waals surface area contributed by atoms with E-state index in [-0.39, 0.29) is 0 Å². The van der Waals surface area contributed by atoms with Crippen LogP contribution in [-0.4, -0.2) is 11.3 Å². The van der Waals surface area contributed by atoms with Gasteiger partial charge in [-0.1, -0.05) is 30.3 Å². The highest BCUT2D eigenvalue weighted by Gasteiger charge is 2.14. The molecule has 0 radical (unpaired) electrons. The highest BCUT2D eigenvalue weighted by molar-refractivity contribution is 8.13. The summed E-state index contributed by atoms with van der Waals surface area (Å²) in [6.45, 7) is 0. The third-order valence-corrected chi connectivity index (χ3v) is 3.44. The topological polar surface area (TPSA) is 24.4 Å². The minimum absolute atomic E-state index is 0.994. The highest BCUT2D eigenvalue weighted by atomic mass is 32.2. The molecule has 1 N–H and O–H groups in total. The molecule has 0 fully saturated rings. The fourth-order valence-electron chi connectivity index (χ4n) is 1.93. The Morgan fingerprint density at radius 2 is 1.65 bits per heavy atom. The van der Waals surface area contributed by atoms with E-state index in [1.54, 1.807) is 11.8 Å². The molecule has 0 atom stereocenters. The number of rotatable bonds is 0. The number of hydrogen-bond acceptors (Lipinski definition) is 3. The third kappa shape index (κ3) is 1.83. The van der Waals surface area contributed by atoms with E-state index in [2.05, 4.69) is 29.8 Å². The quantitative estimate of drug-likeness (QED) is 0.747. The van der Waals surface area contributed by atoms with Gasteiger partial charge >= 0.3 is 0 Å². The van der Waals surface area contributed by atoms with Gasteiger partial charge in [-0.05, 0) is 24.5 Å². The zero-order chi connectivity index (χ0) is 11.7. The summed E-state index contributed by atoms with van der Waals surface area (Å²) < 4.78 is 0. The van der Waals surface area contributed by atoms with Gasteiger partial charge in [0.1, 0.15) is 5.04 Å². The Hall–Kier alpha value is -1.74. The van der Waals surface area contributed by atoms with Crippen LogP contribution in [0.2, 0.25) is 0 Å². The molecule has 84 valence electrons. The maximum atomic E-state index is 4.72. The van der Waals surface area contributed by atoms with E-state index in [4.69, 9.17) is 4.99 Å². The van der Waals surface area contributed by atoms with E-state index >= 15 is 0 Å². The molecule has 0 saturated heterocycles. The molecule has 0 spiro atoms. The first-order valence-corrected chi connectivity index (χ1v) is 6.69.